The maximum atomic E-state index is 4.34. The van der Waals surface area contributed by atoms with E-state index in [4.69, 9.17) is 0 Å². The van der Waals surface area contributed by atoms with Crippen LogP contribution in [0.25, 0.3) is 0 Å². The predicted molar refractivity (Wildman–Crippen MR) is 67.8 cm³/mol. The van der Waals surface area contributed by atoms with Crippen LogP contribution in [0.5, 0.6) is 0 Å². The van der Waals surface area contributed by atoms with Gasteiger partial charge < -0.3 is 5.32 Å². The molecule has 0 aromatic carbocycles. The number of aromatic nitrogens is 3. The number of nitrogens with zero attached hydrogens (tertiary/aromatic N) is 3. The van der Waals surface area contributed by atoms with Crippen LogP contribution in [0.2, 0.25) is 0 Å². The Labute approximate surface area is 101 Å². The zero-order chi connectivity index (χ0) is 12.3. The fourth-order valence-corrected chi connectivity index (χ4v) is 1.68. The molecule has 0 aliphatic heterocycles. The molecule has 17 heavy (non-hydrogen) atoms. The maximum absolute atomic E-state index is 4.34. The first kappa shape index (κ1) is 11.5. The molecule has 0 saturated carbocycles. The lowest BCUT2D eigenvalue weighted by Gasteiger charge is -2.08. The lowest BCUT2D eigenvalue weighted by atomic mass is 10.1. The Hall–Kier alpha value is -1.97. The van der Waals surface area contributed by atoms with Gasteiger partial charge in [-0.25, -0.2) is 9.97 Å². The molecule has 0 radical (unpaired) electrons. The minimum absolute atomic E-state index is 0.679. The molecule has 0 bridgehead atoms. The van der Waals surface area contributed by atoms with Crippen molar-refractivity contribution in [2.24, 2.45) is 0 Å². The van der Waals surface area contributed by atoms with Gasteiger partial charge in [0.05, 0.1) is 0 Å². The molecular weight excluding hydrogens is 212 g/mol. The maximum Gasteiger partial charge on any atom is 0.223 e. The zero-order valence-electron chi connectivity index (χ0n) is 10.4. The topological polar surface area (TPSA) is 50.7 Å². The molecule has 4 heteroatoms. The van der Waals surface area contributed by atoms with Gasteiger partial charge in [-0.15, -0.1) is 0 Å². The highest BCUT2D eigenvalue weighted by Crippen LogP contribution is 2.09. The Morgan fingerprint density at radius 2 is 1.82 bits per heavy atom. The van der Waals surface area contributed by atoms with Crippen LogP contribution in [0, 0.1) is 20.8 Å². The number of rotatable bonds is 3. The van der Waals surface area contributed by atoms with Gasteiger partial charge in [0, 0.05) is 30.3 Å². The molecular formula is C13H16N4. The van der Waals surface area contributed by atoms with Crippen molar-refractivity contribution in [1.29, 1.82) is 0 Å². The molecule has 2 aromatic rings. The molecule has 0 fully saturated rings. The first-order chi connectivity index (χ1) is 8.15. The molecule has 0 atom stereocenters. The van der Waals surface area contributed by atoms with E-state index in [1.807, 2.05) is 39.1 Å². The van der Waals surface area contributed by atoms with Crippen LogP contribution < -0.4 is 5.32 Å². The Kier molecular flexibility index (Phi) is 3.32. The van der Waals surface area contributed by atoms with E-state index >= 15 is 0 Å². The van der Waals surface area contributed by atoms with E-state index in [2.05, 4.69) is 20.3 Å². The van der Waals surface area contributed by atoms with Gasteiger partial charge >= 0.3 is 0 Å². The van der Waals surface area contributed by atoms with E-state index in [0.29, 0.717) is 5.95 Å². The smallest absolute Gasteiger partial charge is 0.223 e. The van der Waals surface area contributed by atoms with Crippen molar-refractivity contribution in [3.63, 3.8) is 0 Å². The van der Waals surface area contributed by atoms with Crippen LogP contribution in [-0.4, -0.2) is 15.0 Å². The van der Waals surface area contributed by atoms with Gasteiger partial charge in [0.15, 0.2) is 0 Å². The minimum atomic E-state index is 0.679. The Morgan fingerprint density at radius 1 is 1.12 bits per heavy atom. The summed E-state index contributed by atoms with van der Waals surface area (Å²) in [5, 5.41) is 3.23. The predicted octanol–water partition coefficient (Wildman–Crippen LogP) is 2.41. The third-order valence-corrected chi connectivity index (χ3v) is 2.56. The highest BCUT2D eigenvalue weighted by Gasteiger charge is 2.01. The van der Waals surface area contributed by atoms with E-state index in [1.54, 1.807) is 6.20 Å². The summed E-state index contributed by atoms with van der Waals surface area (Å²) in [6.07, 6.45) is 3.66. The van der Waals surface area contributed by atoms with E-state index in [0.717, 1.165) is 17.9 Å². The zero-order valence-corrected chi connectivity index (χ0v) is 10.4. The molecule has 4 nitrogen and oxygen atoms in total. The molecule has 0 unspecified atom stereocenters. The first-order valence-electron chi connectivity index (χ1n) is 5.61. The number of aryl methyl sites for hydroxylation is 3. The molecule has 2 heterocycles. The van der Waals surface area contributed by atoms with E-state index in [1.165, 1.54) is 11.1 Å². The van der Waals surface area contributed by atoms with Crippen LogP contribution >= 0.6 is 0 Å². The van der Waals surface area contributed by atoms with E-state index in [-0.39, 0.29) is 0 Å². The van der Waals surface area contributed by atoms with Crippen molar-refractivity contribution >= 4 is 5.95 Å². The van der Waals surface area contributed by atoms with Crippen LogP contribution in [0.15, 0.2) is 24.5 Å². The van der Waals surface area contributed by atoms with Gasteiger partial charge in [0.1, 0.15) is 0 Å². The SMILES string of the molecule is Cc1cc(C)nc(NCc2ccncc2C)n1. The van der Waals surface area contributed by atoms with Gasteiger partial charge in [0.25, 0.3) is 0 Å². The standard InChI is InChI=1S/C13H16N4/c1-9-7-14-5-4-12(9)8-15-13-16-10(2)6-11(3)17-13/h4-7H,8H2,1-3H3,(H,15,16,17). The van der Waals surface area contributed by atoms with Crippen molar-refractivity contribution in [2.45, 2.75) is 27.3 Å². The lowest BCUT2D eigenvalue weighted by molar-refractivity contribution is 0.993. The quantitative estimate of drug-likeness (QED) is 0.876. The number of hydrogen-bond acceptors (Lipinski definition) is 4. The van der Waals surface area contributed by atoms with Crippen molar-refractivity contribution < 1.29 is 0 Å². The first-order valence-corrected chi connectivity index (χ1v) is 5.61. The molecule has 0 aliphatic carbocycles. The van der Waals surface area contributed by atoms with Crippen molar-refractivity contribution in [3.8, 4) is 0 Å². The Morgan fingerprint density at radius 3 is 2.47 bits per heavy atom. The van der Waals surface area contributed by atoms with Gasteiger partial charge in [-0.3, -0.25) is 4.98 Å². The molecule has 88 valence electrons. The van der Waals surface area contributed by atoms with Crippen molar-refractivity contribution in [1.82, 2.24) is 15.0 Å². The fourth-order valence-electron chi connectivity index (χ4n) is 1.68. The molecule has 1 N–H and O–H groups in total. The molecule has 0 amide bonds. The number of pyridine rings is 1. The Bertz CT molecular complexity index is 502. The summed E-state index contributed by atoms with van der Waals surface area (Å²) in [7, 11) is 0. The summed E-state index contributed by atoms with van der Waals surface area (Å²) in [6, 6.07) is 3.97. The lowest BCUT2D eigenvalue weighted by Crippen LogP contribution is -2.06. The van der Waals surface area contributed by atoms with Crippen molar-refractivity contribution in [3.05, 3.63) is 47.0 Å². The number of nitrogens with one attached hydrogen (secondary N) is 1. The molecule has 2 rings (SSSR count). The van der Waals surface area contributed by atoms with Crippen molar-refractivity contribution in [2.75, 3.05) is 5.32 Å². The second-order valence-electron chi connectivity index (χ2n) is 4.13. The third kappa shape index (κ3) is 3.00. The second-order valence-corrected chi connectivity index (χ2v) is 4.13. The Balaban J connectivity index is 2.10. The third-order valence-electron chi connectivity index (χ3n) is 2.56. The molecule has 2 aromatic heterocycles. The van der Waals surface area contributed by atoms with Crippen LogP contribution in [0.3, 0.4) is 0 Å². The number of anilines is 1. The van der Waals surface area contributed by atoms with Gasteiger partial charge in [-0.05, 0) is 44.0 Å². The van der Waals surface area contributed by atoms with Gasteiger partial charge in [-0.2, -0.15) is 0 Å². The molecule has 0 aliphatic rings. The summed E-state index contributed by atoms with van der Waals surface area (Å²) >= 11 is 0. The van der Waals surface area contributed by atoms with E-state index < -0.39 is 0 Å². The van der Waals surface area contributed by atoms with Gasteiger partial charge in [-0.1, -0.05) is 0 Å². The minimum Gasteiger partial charge on any atom is -0.350 e. The van der Waals surface area contributed by atoms with Crippen LogP contribution in [0.1, 0.15) is 22.5 Å². The highest BCUT2D eigenvalue weighted by molar-refractivity contribution is 5.31. The van der Waals surface area contributed by atoms with Crippen LogP contribution in [0.4, 0.5) is 5.95 Å². The summed E-state index contributed by atoms with van der Waals surface area (Å²) in [5.74, 6) is 0.679. The average Bonchev–Trinajstić information content (AvgIpc) is 2.27. The summed E-state index contributed by atoms with van der Waals surface area (Å²) < 4.78 is 0. The largest absolute Gasteiger partial charge is 0.350 e. The van der Waals surface area contributed by atoms with E-state index in [9.17, 15) is 0 Å². The molecule has 0 saturated heterocycles. The highest BCUT2D eigenvalue weighted by atomic mass is 15.1. The monoisotopic (exact) mass is 228 g/mol. The molecule has 0 spiro atoms. The fraction of sp³-hybridized carbons (Fsp3) is 0.308. The van der Waals surface area contributed by atoms with Crippen LogP contribution in [-0.2, 0) is 6.54 Å². The summed E-state index contributed by atoms with van der Waals surface area (Å²) in [6.45, 7) is 6.71. The van der Waals surface area contributed by atoms with Gasteiger partial charge in [0.2, 0.25) is 5.95 Å². The summed E-state index contributed by atoms with van der Waals surface area (Å²) in [4.78, 5) is 12.8. The average molecular weight is 228 g/mol. The normalized spacial score (nSPS) is 10.3. The number of hydrogen-bond donors (Lipinski definition) is 1. The second kappa shape index (κ2) is 4.91. The summed E-state index contributed by atoms with van der Waals surface area (Å²) in [5.41, 5.74) is 4.34.